The summed E-state index contributed by atoms with van der Waals surface area (Å²) in [5.74, 6) is 0.625. The van der Waals surface area contributed by atoms with E-state index in [-0.39, 0.29) is 11.4 Å². The van der Waals surface area contributed by atoms with Gasteiger partial charge >= 0.3 is 0 Å². The van der Waals surface area contributed by atoms with E-state index in [1.54, 1.807) is 7.11 Å². The number of methoxy groups -OCH3 is 1. The Hall–Kier alpha value is -1.59. The molecule has 3 N–H and O–H groups in total. The van der Waals surface area contributed by atoms with Gasteiger partial charge in [0.15, 0.2) is 0 Å². The van der Waals surface area contributed by atoms with Gasteiger partial charge in [-0.15, -0.1) is 0 Å². The van der Waals surface area contributed by atoms with Crippen molar-refractivity contribution in [1.82, 2.24) is 10.6 Å². The normalized spacial score (nSPS) is 21.8. The van der Waals surface area contributed by atoms with Gasteiger partial charge in [0.25, 0.3) is 0 Å². The Bertz CT molecular complexity index is 482. The standard InChI is InChI=1S/C15H23N3O2/c1-11-4-5-13(20-3)12(8-11)18-14(19)9-17-15(2)6-7-16-10-15/h4-5,8,16-17H,6-7,9-10H2,1-3H3,(H,18,19). The number of hydrogen-bond acceptors (Lipinski definition) is 4. The molecular weight excluding hydrogens is 254 g/mol. The van der Waals surface area contributed by atoms with Gasteiger partial charge in [0, 0.05) is 12.1 Å². The SMILES string of the molecule is COc1ccc(C)cc1NC(=O)CNC1(C)CCNC1. The van der Waals surface area contributed by atoms with Crippen LogP contribution in [0.2, 0.25) is 0 Å². The van der Waals surface area contributed by atoms with E-state index in [1.165, 1.54) is 0 Å². The molecule has 0 saturated carbocycles. The first-order valence-electron chi connectivity index (χ1n) is 6.93. The number of nitrogens with one attached hydrogen (secondary N) is 3. The molecule has 1 aromatic rings. The lowest BCUT2D eigenvalue weighted by Crippen LogP contribution is -2.47. The highest BCUT2D eigenvalue weighted by molar-refractivity contribution is 5.93. The molecule has 0 aliphatic carbocycles. The van der Waals surface area contributed by atoms with E-state index in [0.717, 1.165) is 25.1 Å². The molecule has 1 amide bonds. The predicted octanol–water partition coefficient (Wildman–Crippen LogP) is 1.28. The van der Waals surface area contributed by atoms with Crippen molar-refractivity contribution >= 4 is 11.6 Å². The minimum absolute atomic E-state index is 0.00797. The monoisotopic (exact) mass is 277 g/mol. The zero-order valence-corrected chi connectivity index (χ0v) is 12.4. The highest BCUT2D eigenvalue weighted by Crippen LogP contribution is 2.25. The fraction of sp³-hybridized carbons (Fsp3) is 0.533. The van der Waals surface area contributed by atoms with Crippen molar-refractivity contribution in [3.63, 3.8) is 0 Å². The van der Waals surface area contributed by atoms with Crippen molar-refractivity contribution in [2.75, 3.05) is 32.1 Å². The quantitative estimate of drug-likeness (QED) is 0.759. The number of hydrogen-bond donors (Lipinski definition) is 3. The van der Waals surface area contributed by atoms with Gasteiger partial charge in [-0.1, -0.05) is 6.07 Å². The molecule has 1 atom stereocenters. The van der Waals surface area contributed by atoms with Crippen molar-refractivity contribution in [1.29, 1.82) is 0 Å². The summed E-state index contributed by atoms with van der Waals surface area (Å²) in [6, 6.07) is 5.73. The van der Waals surface area contributed by atoms with Crippen molar-refractivity contribution in [2.45, 2.75) is 25.8 Å². The number of benzene rings is 1. The minimum Gasteiger partial charge on any atom is -0.495 e. The van der Waals surface area contributed by atoms with Crippen LogP contribution >= 0.6 is 0 Å². The molecule has 0 aromatic heterocycles. The maximum Gasteiger partial charge on any atom is 0.238 e. The number of anilines is 1. The maximum absolute atomic E-state index is 12.0. The van der Waals surface area contributed by atoms with E-state index in [9.17, 15) is 4.79 Å². The Kier molecular flexibility index (Phi) is 4.62. The number of carbonyl (C=O) groups excluding carboxylic acids is 1. The molecule has 110 valence electrons. The van der Waals surface area contributed by atoms with E-state index in [1.807, 2.05) is 25.1 Å². The molecule has 1 unspecified atom stereocenters. The first-order valence-corrected chi connectivity index (χ1v) is 6.93. The third kappa shape index (κ3) is 3.71. The van der Waals surface area contributed by atoms with Gasteiger partial charge in [0.1, 0.15) is 5.75 Å². The summed E-state index contributed by atoms with van der Waals surface area (Å²) >= 11 is 0. The van der Waals surface area contributed by atoms with Crippen LogP contribution in [0.15, 0.2) is 18.2 Å². The van der Waals surface area contributed by atoms with Crippen LogP contribution in [-0.4, -0.2) is 38.2 Å². The largest absolute Gasteiger partial charge is 0.495 e. The fourth-order valence-corrected chi connectivity index (χ4v) is 2.38. The van der Waals surface area contributed by atoms with Gasteiger partial charge in [-0.2, -0.15) is 0 Å². The fourth-order valence-electron chi connectivity index (χ4n) is 2.38. The Morgan fingerprint density at radius 2 is 2.30 bits per heavy atom. The summed E-state index contributed by atoms with van der Waals surface area (Å²) in [6.45, 7) is 6.31. The first-order chi connectivity index (χ1) is 9.52. The van der Waals surface area contributed by atoms with Crippen molar-refractivity contribution in [3.8, 4) is 5.75 Å². The van der Waals surface area contributed by atoms with Crippen LogP contribution in [-0.2, 0) is 4.79 Å². The topological polar surface area (TPSA) is 62.4 Å². The van der Waals surface area contributed by atoms with Gasteiger partial charge in [-0.3, -0.25) is 4.79 Å². The molecule has 1 saturated heterocycles. The second-order valence-electron chi connectivity index (χ2n) is 5.59. The summed E-state index contributed by atoms with van der Waals surface area (Å²) in [4.78, 5) is 12.0. The molecule has 1 aliphatic heterocycles. The average molecular weight is 277 g/mol. The lowest BCUT2D eigenvalue weighted by atomic mass is 10.0. The molecule has 0 spiro atoms. The second-order valence-corrected chi connectivity index (χ2v) is 5.59. The second kappa shape index (κ2) is 6.24. The average Bonchev–Trinajstić information content (AvgIpc) is 2.84. The molecule has 5 nitrogen and oxygen atoms in total. The zero-order chi connectivity index (χ0) is 14.6. The Morgan fingerprint density at radius 3 is 2.95 bits per heavy atom. The van der Waals surface area contributed by atoms with Gasteiger partial charge in [-0.25, -0.2) is 0 Å². The molecule has 20 heavy (non-hydrogen) atoms. The zero-order valence-electron chi connectivity index (χ0n) is 12.4. The smallest absolute Gasteiger partial charge is 0.238 e. The highest BCUT2D eigenvalue weighted by atomic mass is 16.5. The van der Waals surface area contributed by atoms with Crippen LogP contribution in [0.4, 0.5) is 5.69 Å². The van der Waals surface area contributed by atoms with Crippen molar-refractivity contribution < 1.29 is 9.53 Å². The summed E-state index contributed by atoms with van der Waals surface area (Å²) < 4.78 is 5.25. The Balaban J connectivity index is 1.92. The lowest BCUT2D eigenvalue weighted by Gasteiger charge is -2.24. The van der Waals surface area contributed by atoms with Crippen LogP contribution in [0.3, 0.4) is 0 Å². The number of rotatable bonds is 5. The van der Waals surface area contributed by atoms with Gasteiger partial charge in [0.2, 0.25) is 5.91 Å². The third-order valence-corrected chi connectivity index (χ3v) is 3.67. The highest BCUT2D eigenvalue weighted by Gasteiger charge is 2.28. The third-order valence-electron chi connectivity index (χ3n) is 3.67. The number of amides is 1. The van der Waals surface area contributed by atoms with E-state index in [4.69, 9.17) is 4.74 Å². The molecular formula is C15H23N3O2. The molecule has 0 bridgehead atoms. The Morgan fingerprint density at radius 1 is 1.50 bits per heavy atom. The molecule has 5 heteroatoms. The summed E-state index contributed by atoms with van der Waals surface area (Å²) in [5.41, 5.74) is 1.81. The molecule has 0 radical (unpaired) electrons. The summed E-state index contributed by atoms with van der Waals surface area (Å²) in [7, 11) is 1.60. The summed E-state index contributed by atoms with van der Waals surface area (Å²) in [5, 5.41) is 9.51. The van der Waals surface area contributed by atoms with E-state index in [2.05, 4.69) is 22.9 Å². The minimum atomic E-state index is -0.0537. The lowest BCUT2D eigenvalue weighted by molar-refractivity contribution is -0.115. The molecule has 1 aliphatic rings. The van der Waals surface area contributed by atoms with E-state index >= 15 is 0 Å². The predicted molar refractivity (Wildman–Crippen MR) is 80.3 cm³/mol. The van der Waals surface area contributed by atoms with E-state index in [0.29, 0.717) is 18.0 Å². The molecule has 1 fully saturated rings. The van der Waals surface area contributed by atoms with Gasteiger partial charge in [-0.05, 0) is 44.5 Å². The van der Waals surface area contributed by atoms with E-state index < -0.39 is 0 Å². The number of ether oxygens (including phenoxy) is 1. The number of carbonyl (C=O) groups is 1. The first kappa shape index (κ1) is 14.8. The molecule has 2 rings (SSSR count). The van der Waals surface area contributed by atoms with Crippen LogP contribution in [0, 0.1) is 6.92 Å². The van der Waals surface area contributed by atoms with Gasteiger partial charge in [0.05, 0.1) is 19.3 Å². The van der Waals surface area contributed by atoms with Crippen LogP contribution in [0.25, 0.3) is 0 Å². The van der Waals surface area contributed by atoms with Crippen LogP contribution in [0.5, 0.6) is 5.75 Å². The Labute approximate surface area is 120 Å². The van der Waals surface area contributed by atoms with Gasteiger partial charge < -0.3 is 20.7 Å². The molecule has 1 heterocycles. The molecule has 1 aromatic carbocycles. The number of aryl methyl sites for hydroxylation is 1. The van der Waals surface area contributed by atoms with Crippen LogP contribution < -0.4 is 20.7 Å². The maximum atomic E-state index is 12.0. The van der Waals surface area contributed by atoms with Crippen molar-refractivity contribution in [2.24, 2.45) is 0 Å². The summed E-state index contributed by atoms with van der Waals surface area (Å²) in [6.07, 6.45) is 1.04. The van der Waals surface area contributed by atoms with Crippen molar-refractivity contribution in [3.05, 3.63) is 23.8 Å². The van der Waals surface area contributed by atoms with Crippen LogP contribution in [0.1, 0.15) is 18.9 Å².